The predicted octanol–water partition coefficient (Wildman–Crippen LogP) is 1.59. The van der Waals surface area contributed by atoms with Gasteiger partial charge in [-0.1, -0.05) is 0 Å². The number of piperazine rings is 1. The maximum absolute atomic E-state index is 13.1. The zero-order chi connectivity index (χ0) is 22.0. The molecule has 0 unspecified atom stereocenters. The fraction of sp³-hybridized carbons (Fsp3) is 0.550. The van der Waals surface area contributed by atoms with Gasteiger partial charge < -0.3 is 15.1 Å². The van der Waals surface area contributed by atoms with Crippen molar-refractivity contribution in [3.05, 3.63) is 28.8 Å². The van der Waals surface area contributed by atoms with Gasteiger partial charge in [0.05, 0.1) is 6.54 Å². The summed E-state index contributed by atoms with van der Waals surface area (Å²) in [7, 11) is -3.54. The Morgan fingerprint density at radius 2 is 1.77 bits per heavy atom. The molecule has 11 heteroatoms. The summed E-state index contributed by atoms with van der Waals surface area (Å²) in [4.78, 5) is 25.6. The second kappa shape index (κ2) is 9.09. The second-order valence-electron chi connectivity index (χ2n) is 7.88. The van der Waals surface area contributed by atoms with E-state index in [1.807, 2.05) is 13.0 Å². The standard InChI is InChI=1S/C20H28N6O3S2/c1-15-13-18(23-20(22-15)25-7-3-4-8-25)24-9-11-26(12-10-24)31(28,29)19-6-5-17(30-19)14-21-16(2)27/h5-6,13H,3-4,7-12,14H2,1-2H3,(H,21,27). The Bertz CT molecular complexity index is 1040. The van der Waals surface area contributed by atoms with Gasteiger partial charge in [0, 0.05) is 62.8 Å². The van der Waals surface area contributed by atoms with Crippen molar-refractivity contribution in [2.24, 2.45) is 0 Å². The number of nitrogens with one attached hydrogen (secondary N) is 1. The molecule has 0 aliphatic carbocycles. The number of sulfonamides is 1. The van der Waals surface area contributed by atoms with E-state index in [0.29, 0.717) is 36.9 Å². The lowest BCUT2D eigenvalue weighted by molar-refractivity contribution is -0.119. The largest absolute Gasteiger partial charge is 0.354 e. The number of carbonyl (C=O) groups is 1. The first kappa shape index (κ1) is 22.0. The molecule has 4 rings (SSSR count). The van der Waals surface area contributed by atoms with Gasteiger partial charge in [0.25, 0.3) is 10.0 Å². The average molecular weight is 465 g/mol. The van der Waals surface area contributed by atoms with E-state index in [1.54, 1.807) is 12.1 Å². The van der Waals surface area contributed by atoms with Gasteiger partial charge in [-0.3, -0.25) is 4.79 Å². The Labute approximate surface area is 187 Å². The number of carbonyl (C=O) groups excluding carboxylic acids is 1. The lowest BCUT2D eigenvalue weighted by Gasteiger charge is -2.34. The van der Waals surface area contributed by atoms with Gasteiger partial charge >= 0.3 is 0 Å². The molecule has 2 aromatic heterocycles. The number of hydrogen-bond donors (Lipinski definition) is 1. The number of amides is 1. The van der Waals surface area contributed by atoms with E-state index >= 15 is 0 Å². The summed E-state index contributed by atoms with van der Waals surface area (Å²) < 4.78 is 28.0. The SMILES string of the molecule is CC(=O)NCc1ccc(S(=O)(=O)N2CCN(c3cc(C)nc(N4CCCC4)n3)CC2)s1. The Hall–Kier alpha value is -2.24. The van der Waals surface area contributed by atoms with E-state index in [9.17, 15) is 13.2 Å². The van der Waals surface area contributed by atoms with Crippen molar-refractivity contribution in [1.29, 1.82) is 0 Å². The minimum Gasteiger partial charge on any atom is -0.354 e. The summed E-state index contributed by atoms with van der Waals surface area (Å²) >= 11 is 1.21. The molecule has 31 heavy (non-hydrogen) atoms. The summed E-state index contributed by atoms with van der Waals surface area (Å²) in [5.74, 6) is 1.50. The van der Waals surface area contributed by atoms with Crippen molar-refractivity contribution in [2.75, 3.05) is 49.1 Å². The number of hydrogen-bond acceptors (Lipinski definition) is 8. The molecular weight excluding hydrogens is 436 g/mol. The van der Waals surface area contributed by atoms with Crippen LogP contribution in [0.4, 0.5) is 11.8 Å². The molecule has 0 radical (unpaired) electrons. The summed E-state index contributed by atoms with van der Waals surface area (Å²) in [5.41, 5.74) is 0.923. The molecule has 2 aliphatic heterocycles. The molecule has 2 fully saturated rings. The highest BCUT2D eigenvalue weighted by Gasteiger charge is 2.30. The molecule has 168 valence electrons. The minimum atomic E-state index is -3.54. The third-order valence-electron chi connectivity index (χ3n) is 5.52. The number of aromatic nitrogens is 2. The number of anilines is 2. The molecule has 4 heterocycles. The average Bonchev–Trinajstić information content (AvgIpc) is 3.44. The molecule has 0 spiro atoms. The van der Waals surface area contributed by atoms with Crippen molar-refractivity contribution in [3.63, 3.8) is 0 Å². The molecular formula is C20H28N6O3S2. The third-order valence-corrected chi connectivity index (χ3v) is 8.97. The molecule has 0 saturated carbocycles. The first-order valence-electron chi connectivity index (χ1n) is 10.5. The van der Waals surface area contributed by atoms with E-state index in [-0.39, 0.29) is 5.91 Å². The lowest BCUT2D eigenvalue weighted by Crippen LogP contribution is -2.48. The van der Waals surface area contributed by atoms with Crippen molar-refractivity contribution >= 4 is 39.0 Å². The van der Waals surface area contributed by atoms with E-state index in [4.69, 9.17) is 4.98 Å². The van der Waals surface area contributed by atoms with Crippen LogP contribution in [0.25, 0.3) is 0 Å². The smallest absolute Gasteiger partial charge is 0.252 e. The summed E-state index contributed by atoms with van der Waals surface area (Å²) in [6, 6.07) is 5.35. The fourth-order valence-electron chi connectivity index (χ4n) is 3.85. The molecule has 0 aromatic carbocycles. The normalized spacial score (nSPS) is 17.9. The molecule has 2 saturated heterocycles. The highest BCUT2D eigenvalue weighted by atomic mass is 32.2. The van der Waals surface area contributed by atoms with Gasteiger partial charge in [-0.25, -0.2) is 13.4 Å². The molecule has 1 N–H and O–H groups in total. The van der Waals surface area contributed by atoms with E-state index in [2.05, 4.69) is 20.1 Å². The Balaban J connectivity index is 1.42. The molecule has 2 aliphatic rings. The van der Waals surface area contributed by atoms with Crippen molar-refractivity contribution < 1.29 is 13.2 Å². The van der Waals surface area contributed by atoms with Crippen LogP contribution in [0, 0.1) is 6.92 Å². The maximum atomic E-state index is 13.1. The van der Waals surface area contributed by atoms with Gasteiger partial charge in [-0.05, 0) is 31.9 Å². The van der Waals surface area contributed by atoms with Gasteiger partial charge in [0.1, 0.15) is 10.0 Å². The van der Waals surface area contributed by atoms with Gasteiger partial charge in [0.2, 0.25) is 11.9 Å². The van der Waals surface area contributed by atoms with Crippen LogP contribution >= 0.6 is 11.3 Å². The molecule has 9 nitrogen and oxygen atoms in total. The van der Waals surface area contributed by atoms with E-state index in [1.165, 1.54) is 35.4 Å². The predicted molar refractivity (Wildman–Crippen MR) is 121 cm³/mol. The third kappa shape index (κ3) is 4.99. The Morgan fingerprint density at radius 1 is 1.06 bits per heavy atom. The van der Waals surface area contributed by atoms with Gasteiger partial charge in [-0.2, -0.15) is 9.29 Å². The van der Waals surface area contributed by atoms with Crippen LogP contribution in [0.5, 0.6) is 0 Å². The van der Waals surface area contributed by atoms with E-state index in [0.717, 1.165) is 35.4 Å². The van der Waals surface area contributed by atoms with Crippen molar-refractivity contribution in [1.82, 2.24) is 19.6 Å². The monoisotopic (exact) mass is 464 g/mol. The zero-order valence-electron chi connectivity index (χ0n) is 17.9. The molecule has 0 atom stereocenters. The van der Waals surface area contributed by atoms with Crippen LogP contribution < -0.4 is 15.1 Å². The highest BCUT2D eigenvalue weighted by molar-refractivity contribution is 7.91. The molecule has 0 bridgehead atoms. The van der Waals surface area contributed by atoms with Crippen LogP contribution in [0.2, 0.25) is 0 Å². The second-order valence-corrected chi connectivity index (χ2v) is 11.2. The molecule has 1 amide bonds. The fourth-order valence-corrected chi connectivity index (χ4v) is 6.72. The topological polar surface area (TPSA) is 98.7 Å². The molecule has 2 aromatic rings. The lowest BCUT2D eigenvalue weighted by atomic mass is 10.3. The first-order chi connectivity index (χ1) is 14.8. The number of aryl methyl sites for hydroxylation is 1. The van der Waals surface area contributed by atoms with Gasteiger partial charge in [0.15, 0.2) is 0 Å². The minimum absolute atomic E-state index is 0.137. The maximum Gasteiger partial charge on any atom is 0.252 e. The van der Waals surface area contributed by atoms with Crippen LogP contribution in [0.15, 0.2) is 22.4 Å². The quantitative estimate of drug-likeness (QED) is 0.693. The number of nitrogens with zero attached hydrogens (tertiary/aromatic N) is 5. The Kier molecular flexibility index (Phi) is 6.44. The number of thiophene rings is 1. The van der Waals surface area contributed by atoms with Crippen LogP contribution in [0.3, 0.4) is 0 Å². The van der Waals surface area contributed by atoms with Crippen LogP contribution in [-0.2, 0) is 21.4 Å². The summed E-state index contributed by atoms with van der Waals surface area (Å²) in [6.45, 7) is 7.71. The highest BCUT2D eigenvalue weighted by Crippen LogP contribution is 2.27. The summed E-state index contributed by atoms with van der Waals surface area (Å²) in [6.07, 6.45) is 2.33. The van der Waals surface area contributed by atoms with Crippen LogP contribution in [0.1, 0.15) is 30.3 Å². The van der Waals surface area contributed by atoms with Crippen molar-refractivity contribution in [2.45, 2.75) is 37.4 Å². The first-order valence-corrected chi connectivity index (χ1v) is 12.8. The van der Waals surface area contributed by atoms with Crippen LogP contribution in [-0.4, -0.2) is 67.9 Å². The zero-order valence-corrected chi connectivity index (χ0v) is 19.5. The van der Waals surface area contributed by atoms with Gasteiger partial charge in [-0.15, -0.1) is 11.3 Å². The van der Waals surface area contributed by atoms with E-state index < -0.39 is 10.0 Å². The van der Waals surface area contributed by atoms with Crippen molar-refractivity contribution in [3.8, 4) is 0 Å². The Morgan fingerprint density at radius 3 is 2.45 bits per heavy atom. The number of rotatable bonds is 6. The summed E-state index contributed by atoms with van der Waals surface area (Å²) in [5, 5.41) is 2.70.